The Morgan fingerprint density at radius 2 is 2.23 bits per heavy atom. The number of hydrogen-bond donors (Lipinski definition) is 1. The van der Waals surface area contributed by atoms with Crippen molar-refractivity contribution in [3.8, 4) is 0 Å². The average molecular weight is 184 g/mol. The number of aliphatic imine (C=N–C) groups is 1. The molecule has 5 heteroatoms. The lowest BCUT2D eigenvalue weighted by Crippen LogP contribution is -2.41. The summed E-state index contributed by atoms with van der Waals surface area (Å²) in [5.74, 6) is 0.549. The topological polar surface area (TPSA) is 61.9 Å². The largest absolute Gasteiger partial charge is 0.370 e. The summed E-state index contributed by atoms with van der Waals surface area (Å²) in [5, 5.41) is 0. The van der Waals surface area contributed by atoms with Crippen LogP contribution < -0.4 is 5.73 Å². The second kappa shape index (κ2) is 4.11. The van der Waals surface area contributed by atoms with Crippen LogP contribution in [-0.4, -0.2) is 55.4 Å². The van der Waals surface area contributed by atoms with Gasteiger partial charge in [0.25, 0.3) is 0 Å². The average Bonchev–Trinajstić information content (AvgIpc) is 2.28. The van der Waals surface area contributed by atoms with E-state index in [9.17, 15) is 4.79 Å². The fraction of sp³-hybridized carbons (Fsp3) is 0.750. The van der Waals surface area contributed by atoms with E-state index in [1.807, 2.05) is 11.9 Å². The summed E-state index contributed by atoms with van der Waals surface area (Å²) < 4.78 is 0. The molecule has 1 amide bonds. The molecule has 2 N–H and O–H groups in total. The molecule has 1 heterocycles. The number of nitrogens with zero attached hydrogens (tertiary/aromatic N) is 3. The highest BCUT2D eigenvalue weighted by atomic mass is 16.2. The van der Waals surface area contributed by atoms with Crippen molar-refractivity contribution in [2.24, 2.45) is 10.7 Å². The molecule has 0 aromatic carbocycles. The first kappa shape index (κ1) is 9.83. The second-order valence-corrected chi connectivity index (χ2v) is 3.17. The Morgan fingerprint density at radius 1 is 1.54 bits per heavy atom. The molecule has 0 aromatic heterocycles. The van der Waals surface area contributed by atoms with Crippen LogP contribution in [0.15, 0.2) is 4.99 Å². The quantitative estimate of drug-likeness (QED) is 0.392. The van der Waals surface area contributed by atoms with Gasteiger partial charge in [-0.3, -0.25) is 9.79 Å². The van der Waals surface area contributed by atoms with E-state index < -0.39 is 0 Å². The minimum absolute atomic E-state index is 0.101. The third-order valence-electron chi connectivity index (χ3n) is 2.23. The lowest BCUT2D eigenvalue weighted by Gasteiger charge is -2.19. The van der Waals surface area contributed by atoms with Crippen molar-refractivity contribution in [2.45, 2.75) is 6.42 Å². The van der Waals surface area contributed by atoms with Crippen LogP contribution in [0.2, 0.25) is 0 Å². The predicted molar refractivity (Wildman–Crippen MR) is 51.4 cm³/mol. The van der Waals surface area contributed by atoms with Crippen LogP contribution in [-0.2, 0) is 4.79 Å². The number of carbonyl (C=O) groups is 1. The summed E-state index contributed by atoms with van der Waals surface area (Å²) >= 11 is 0. The van der Waals surface area contributed by atoms with Crippen LogP contribution in [0.25, 0.3) is 0 Å². The predicted octanol–water partition coefficient (Wildman–Crippen LogP) is -0.905. The molecule has 0 aromatic rings. The molecule has 1 aliphatic heterocycles. The lowest BCUT2D eigenvalue weighted by molar-refractivity contribution is -0.129. The van der Waals surface area contributed by atoms with E-state index in [1.165, 1.54) is 0 Å². The molecule has 0 radical (unpaired) electrons. The van der Waals surface area contributed by atoms with Crippen molar-refractivity contribution in [2.75, 3.05) is 33.7 Å². The standard InChI is InChI=1S/C8H16N4O/c1-10-8(9)12-5-3-4-11(2)7(13)6-12/h3-6H2,1-2H3,(H2,9,10). The maximum Gasteiger partial charge on any atom is 0.241 e. The fourth-order valence-electron chi connectivity index (χ4n) is 1.32. The van der Waals surface area contributed by atoms with Crippen LogP contribution in [0.1, 0.15) is 6.42 Å². The van der Waals surface area contributed by atoms with Crippen LogP contribution in [0.4, 0.5) is 0 Å². The Bertz CT molecular complexity index is 226. The number of nitrogens with two attached hydrogens (primary N) is 1. The van der Waals surface area contributed by atoms with Crippen molar-refractivity contribution < 1.29 is 4.79 Å². The molecular weight excluding hydrogens is 168 g/mol. The van der Waals surface area contributed by atoms with Crippen molar-refractivity contribution in [1.29, 1.82) is 0 Å². The molecule has 1 aliphatic rings. The lowest BCUT2D eigenvalue weighted by atomic mass is 10.4. The normalized spacial score (nSPS) is 20.5. The molecule has 0 saturated carbocycles. The van der Waals surface area contributed by atoms with Crippen molar-refractivity contribution in [1.82, 2.24) is 9.80 Å². The Hall–Kier alpha value is -1.26. The van der Waals surface area contributed by atoms with Gasteiger partial charge in [0.15, 0.2) is 5.96 Å². The molecular formula is C8H16N4O. The highest BCUT2D eigenvalue weighted by Gasteiger charge is 2.19. The first-order valence-corrected chi connectivity index (χ1v) is 4.36. The maximum absolute atomic E-state index is 11.4. The first-order chi connectivity index (χ1) is 6.15. The molecule has 1 rings (SSSR count). The van der Waals surface area contributed by atoms with Crippen LogP contribution in [0.3, 0.4) is 0 Å². The molecule has 0 aliphatic carbocycles. The van der Waals surface area contributed by atoms with Crippen LogP contribution in [0, 0.1) is 0 Å². The van der Waals surface area contributed by atoms with E-state index in [1.54, 1.807) is 11.9 Å². The molecule has 74 valence electrons. The summed E-state index contributed by atoms with van der Waals surface area (Å²) in [6, 6.07) is 0. The highest BCUT2D eigenvalue weighted by molar-refractivity contribution is 5.85. The molecule has 1 fully saturated rings. The van der Waals surface area contributed by atoms with Gasteiger partial charge in [-0.05, 0) is 6.42 Å². The number of likely N-dealkylation sites (N-methyl/N-ethyl adjacent to an activating group) is 1. The van der Waals surface area contributed by atoms with Gasteiger partial charge in [-0.25, -0.2) is 0 Å². The first-order valence-electron chi connectivity index (χ1n) is 4.36. The van der Waals surface area contributed by atoms with E-state index in [4.69, 9.17) is 5.73 Å². The van der Waals surface area contributed by atoms with E-state index >= 15 is 0 Å². The van der Waals surface area contributed by atoms with E-state index in [0.717, 1.165) is 19.5 Å². The number of amides is 1. The fourth-order valence-corrected chi connectivity index (χ4v) is 1.32. The summed E-state index contributed by atoms with van der Waals surface area (Å²) in [6.45, 7) is 1.95. The molecule has 13 heavy (non-hydrogen) atoms. The Labute approximate surface area is 78.2 Å². The summed E-state index contributed by atoms with van der Waals surface area (Å²) in [7, 11) is 3.44. The third kappa shape index (κ3) is 2.34. The van der Waals surface area contributed by atoms with Crippen LogP contribution in [0.5, 0.6) is 0 Å². The van der Waals surface area contributed by atoms with Gasteiger partial charge in [0.05, 0.1) is 6.54 Å². The second-order valence-electron chi connectivity index (χ2n) is 3.17. The summed E-state index contributed by atoms with van der Waals surface area (Å²) in [4.78, 5) is 18.8. The van der Waals surface area contributed by atoms with Gasteiger partial charge in [-0.15, -0.1) is 0 Å². The molecule has 1 saturated heterocycles. The number of rotatable bonds is 0. The maximum atomic E-state index is 11.4. The van der Waals surface area contributed by atoms with E-state index in [2.05, 4.69) is 4.99 Å². The SMILES string of the molecule is CN=C(N)N1CCCN(C)C(=O)C1. The van der Waals surface area contributed by atoms with Crippen molar-refractivity contribution in [3.63, 3.8) is 0 Å². The van der Waals surface area contributed by atoms with E-state index in [0.29, 0.717) is 12.5 Å². The molecule has 0 spiro atoms. The van der Waals surface area contributed by atoms with Crippen LogP contribution >= 0.6 is 0 Å². The third-order valence-corrected chi connectivity index (χ3v) is 2.23. The smallest absolute Gasteiger partial charge is 0.241 e. The minimum Gasteiger partial charge on any atom is -0.370 e. The minimum atomic E-state index is 0.101. The van der Waals surface area contributed by atoms with Crippen molar-refractivity contribution >= 4 is 11.9 Å². The highest BCUT2D eigenvalue weighted by Crippen LogP contribution is 2.01. The molecule has 0 unspecified atom stereocenters. The van der Waals surface area contributed by atoms with Gasteiger partial charge < -0.3 is 15.5 Å². The summed E-state index contributed by atoms with van der Waals surface area (Å²) in [6.07, 6.45) is 0.943. The zero-order valence-corrected chi connectivity index (χ0v) is 8.16. The number of hydrogen-bond acceptors (Lipinski definition) is 2. The zero-order chi connectivity index (χ0) is 9.84. The van der Waals surface area contributed by atoms with Gasteiger partial charge >= 0.3 is 0 Å². The molecule has 0 atom stereocenters. The number of guanidine groups is 1. The number of carbonyl (C=O) groups excluding carboxylic acids is 1. The van der Waals surface area contributed by atoms with E-state index in [-0.39, 0.29) is 5.91 Å². The molecule has 5 nitrogen and oxygen atoms in total. The van der Waals surface area contributed by atoms with Gasteiger partial charge in [0.1, 0.15) is 0 Å². The van der Waals surface area contributed by atoms with Crippen molar-refractivity contribution in [3.05, 3.63) is 0 Å². The van der Waals surface area contributed by atoms with Gasteiger partial charge in [0, 0.05) is 27.2 Å². The Kier molecular flexibility index (Phi) is 3.11. The Balaban J connectivity index is 2.64. The van der Waals surface area contributed by atoms with Gasteiger partial charge in [-0.2, -0.15) is 0 Å². The molecule has 0 bridgehead atoms. The van der Waals surface area contributed by atoms with Gasteiger partial charge in [0.2, 0.25) is 5.91 Å². The van der Waals surface area contributed by atoms with Gasteiger partial charge in [-0.1, -0.05) is 0 Å². The Morgan fingerprint density at radius 3 is 2.85 bits per heavy atom. The zero-order valence-electron chi connectivity index (χ0n) is 8.16. The monoisotopic (exact) mass is 184 g/mol. The summed E-state index contributed by atoms with van der Waals surface area (Å²) in [5.41, 5.74) is 5.63.